The molecule has 1 heterocycles. The van der Waals surface area contributed by atoms with Gasteiger partial charge in [-0.2, -0.15) is 0 Å². The van der Waals surface area contributed by atoms with Gasteiger partial charge >= 0.3 is 0 Å². The number of anilines is 1. The van der Waals surface area contributed by atoms with Gasteiger partial charge in [-0.1, -0.05) is 12.1 Å². The second-order valence-corrected chi connectivity index (χ2v) is 4.75. The molecule has 0 atom stereocenters. The Morgan fingerprint density at radius 2 is 1.74 bits per heavy atom. The quantitative estimate of drug-likeness (QED) is 0.724. The van der Waals surface area contributed by atoms with Gasteiger partial charge in [0.2, 0.25) is 5.95 Å². The predicted molar refractivity (Wildman–Crippen MR) is 74.9 cm³/mol. The van der Waals surface area contributed by atoms with Crippen molar-refractivity contribution >= 4 is 17.0 Å². The van der Waals surface area contributed by atoms with Gasteiger partial charge in [-0.3, -0.25) is 4.57 Å². The van der Waals surface area contributed by atoms with Crippen LogP contribution in [0.15, 0.2) is 36.4 Å². The molecule has 0 bridgehead atoms. The second-order valence-electron chi connectivity index (χ2n) is 4.75. The molecule has 0 aliphatic rings. The molecule has 1 aromatic heterocycles. The normalized spacial score (nSPS) is 11.1. The monoisotopic (exact) mass is 255 g/mol. The highest BCUT2D eigenvalue weighted by molar-refractivity contribution is 5.81. The van der Waals surface area contributed by atoms with E-state index in [1.54, 1.807) is 10.6 Å². The Bertz CT molecular complexity index is 774. The molecule has 3 aromatic rings. The van der Waals surface area contributed by atoms with Crippen LogP contribution >= 0.6 is 0 Å². The Hall–Kier alpha value is -2.36. The summed E-state index contributed by atoms with van der Waals surface area (Å²) in [5.74, 6) is -0.00470. The number of fused-ring (bicyclic) bond motifs is 1. The van der Waals surface area contributed by atoms with Crippen LogP contribution in [-0.4, -0.2) is 9.55 Å². The summed E-state index contributed by atoms with van der Waals surface area (Å²) in [6, 6.07) is 10.9. The van der Waals surface area contributed by atoms with Crippen molar-refractivity contribution in [3.63, 3.8) is 0 Å². The summed E-state index contributed by atoms with van der Waals surface area (Å²) in [6.45, 7) is 3.84. The third kappa shape index (κ3) is 1.85. The van der Waals surface area contributed by atoms with Crippen LogP contribution < -0.4 is 5.73 Å². The average Bonchev–Trinajstić information content (AvgIpc) is 2.65. The van der Waals surface area contributed by atoms with E-state index in [4.69, 9.17) is 5.73 Å². The van der Waals surface area contributed by atoms with E-state index in [0.717, 1.165) is 22.2 Å². The summed E-state index contributed by atoms with van der Waals surface area (Å²) in [7, 11) is 0. The molecule has 0 amide bonds. The number of benzene rings is 2. The number of nitrogens with zero attached hydrogens (tertiary/aromatic N) is 2. The molecule has 0 unspecified atom stereocenters. The van der Waals surface area contributed by atoms with Crippen LogP contribution in [0.4, 0.5) is 10.3 Å². The van der Waals surface area contributed by atoms with Gasteiger partial charge in [0.15, 0.2) is 0 Å². The maximum Gasteiger partial charge on any atom is 0.206 e. The van der Waals surface area contributed by atoms with Crippen LogP contribution in [0.5, 0.6) is 0 Å². The molecule has 0 aliphatic carbocycles. The van der Waals surface area contributed by atoms with Crippen molar-refractivity contribution in [3.05, 3.63) is 53.3 Å². The number of aryl methyl sites for hydroxylation is 2. The number of imidazole rings is 1. The van der Waals surface area contributed by atoms with Crippen LogP contribution in [0.3, 0.4) is 0 Å². The smallest absolute Gasteiger partial charge is 0.206 e. The maximum atomic E-state index is 14.1. The summed E-state index contributed by atoms with van der Waals surface area (Å²) < 4.78 is 15.7. The van der Waals surface area contributed by atoms with Crippen molar-refractivity contribution in [1.82, 2.24) is 9.55 Å². The van der Waals surface area contributed by atoms with Gasteiger partial charge in [0, 0.05) is 0 Å². The molecular weight excluding hydrogens is 241 g/mol. The van der Waals surface area contributed by atoms with Crippen molar-refractivity contribution in [2.75, 3.05) is 5.73 Å². The fraction of sp³-hybridized carbons (Fsp3) is 0.133. The second kappa shape index (κ2) is 4.09. The van der Waals surface area contributed by atoms with Crippen molar-refractivity contribution in [2.45, 2.75) is 13.8 Å². The van der Waals surface area contributed by atoms with Gasteiger partial charge in [-0.15, -0.1) is 0 Å². The first-order valence-electron chi connectivity index (χ1n) is 6.07. The molecule has 0 saturated carbocycles. The minimum atomic E-state index is -0.299. The standard InChI is InChI=1S/C15H14FN3/c1-9-3-5-13(11(16)7-9)19-14-6-4-10(2)8-12(14)18-15(19)17/h3-8H,1-2H3,(H2,17,18). The molecule has 3 rings (SSSR count). The summed E-state index contributed by atoms with van der Waals surface area (Å²) in [4.78, 5) is 4.29. The molecule has 96 valence electrons. The van der Waals surface area contributed by atoms with Crippen molar-refractivity contribution in [2.24, 2.45) is 0 Å². The first-order chi connectivity index (χ1) is 9.06. The van der Waals surface area contributed by atoms with Crippen LogP contribution in [-0.2, 0) is 0 Å². The minimum absolute atomic E-state index is 0.295. The summed E-state index contributed by atoms with van der Waals surface area (Å²) in [6.07, 6.45) is 0. The van der Waals surface area contributed by atoms with Crippen molar-refractivity contribution in [3.8, 4) is 5.69 Å². The van der Waals surface area contributed by atoms with Gasteiger partial charge in [0.25, 0.3) is 0 Å². The zero-order valence-corrected chi connectivity index (χ0v) is 10.8. The van der Waals surface area contributed by atoms with Crippen LogP contribution in [0.2, 0.25) is 0 Å². The lowest BCUT2D eigenvalue weighted by molar-refractivity contribution is 0.619. The largest absolute Gasteiger partial charge is 0.369 e. The zero-order valence-electron chi connectivity index (χ0n) is 10.8. The summed E-state index contributed by atoms with van der Waals surface area (Å²) in [5, 5.41) is 0. The zero-order chi connectivity index (χ0) is 13.6. The highest BCUT2D eigenvalue weighted by Gasteiger charge is 2.13. The first-order valence-corrected chi connectivity index (χ1v) is 6.07. The lowest BCUT2D eigenvalue weighted by atomic mass is 10.2. The number of nitrogen functional groups attached to an aromatic ring is 1. The fourth-order valence-corrected chi connectivity index (χ4v) is 2.26. The van der Waals surface area contributed by atoms with Gasteiger partial charge < -0.3 is 5.73 Å². The third-order valence-corrected chi connectivity index (χ3v) is 3.18. The van der Waals surface area contributed by atoms with E-state index in [9.17, 15) is 4.39 Å². The van der Waals surface area contributed by atoms with E-state index in [1.165, 1.54) is 6.07 Å². The Labute approximate surface area is 110 Å². The summed E-state index contributed by atoms with van der Waals surface area (Å²) in [5.41, 5.74) is 9.91. The number of hydrogen-bond donors (Lipinski definition) is 1. The minimum Gasteiger partial charge on any atom is -0.369 e. The van der Waals surface area contributed by atoms with Crippen LogP contribution in [0.1, 0.15) is 11.1 Å². The molecule has 0 spiro atoms. The first kappa shape index (κ1) is 11.7. The van der Waals surface area contributed by atoms with E-state index in [1.807, 2.05) is 38.1 Å². The molecule has 0 radical (unpaired) electrons. The van der Waals surface area contributed by atoms with Crippen LogP contribution in [0.25, 0.3) is 16.7 Å². The highest BCUT2D eigenvalue weighted by Crippen LogP contribution is 2.25. The molecular formula is C15H14FN3. The predicted octanol–water partition coefficient (Wildman–Crippen LogP) is 3.36. The molecule has 2 aromatic carbocycles. The number of halogens is 1. The van der Waals surface area contributed by atoms with Crippen molar-refractivity contribution < 1.29 is 4.39 Å². The van der Waals surface area contributed by atoms with Gasteiger partial charge in [-0.05, 0) is 49.2 Å². The topological polar surface area (TPSA) is 43.8 Å². The van der Waals surface area contributed by atoms with E-state index in [2.05, 4.69) is 4.98 Å². The van der Waals surface area contributed by atoms with E-state index in [0.29, 0.717) is 11.6 Å². The van der Waals surface area contributed by atoms with Crippen molar-refractivity contribution in [1.29, 1.82) is 0 Å². The molecule has 0 fully saturated rings. The molecule has 0 aliphatic heterocycles. The molecule has 3 nitrogen and oxygen atoms in total. The lowest BCUT2D eigenvalue weighted by Gasteiger charge is -2.08. The van der Waals surface area contributed by atoms with E-state index in [-0.39, 0.29) is 5.82 Å². The fourth-order valence-electron chi connectivity index (χ4n) is 2.26. The van der Waals surface area contributed by atoms with Gasteiger partial charge in [-0.25, -0.2) is 9.37 Å². The molecule has 19 heavy (non-hydrogen) atoms. The third-order valence-electron chi connectivity index (χ3n) is 3.18. The summed E-state index contributed by atoms with van der Waals surface area (Å²) >= 11 is 0. The number of rotatable bonds is 1. The Morgan fingerprint density at radius 3 is 2.47 bits per heavy atom. The van der Waals surface area contributed by atoms with E-state index < -0.39 is 0 Å². The number of aromatic nitrogens is 2. The average molecular weight is 255 g/mol. The SMILES string of the molecule is Cc1ccc(-n2c(N)nc3cc(C)ccc32)c(F)c1. The Morgan fingerprint density at radius 1 is 1.05 bits per heavy atom. The maximum absolute atomic E-state index is 14.1. The van der Waals surface area contributed by atoms with Crippen LogP contribution in [0, 0.1) is 19.7 Å². The lowest BCUT2D eigenvalue weighted by Crippen LogP contribution is -2.03. The highest BCUT2D eigenvalue weighted by atomic mass is 19.1. The molecule has 2 N–H and O–H groups in total. The number of hydrogen-bond acceptors (Lipinski definition) is 2. The van der Waals surface area contributed by atoms with Gasteiger partial charge in [0.1, 0.15) is 5.82 Å². The molecule has 4 heteroatoms. The number of nitrogens with two attached hydrogens (primary N) is 1. The van der Waals surface area contributed by atoms with E-state index >= 15 is 0 Å². The van der Waals surface area contributed by atoms with Gasteiger partial charge in [0.05, 0.1) is 16.7 Å². The molecule has 0 saturated heterocycles. The Kier molecular flexibility index (Phi) is 2.52. The Balaban J connectivity index is 2.33.